The summed E-state index contributed by atoms with van der Waals surface area (Å²) in [7, 11) is 0. The molecule has 0 aliphatic carbocycles. The minimum atomic E-state index is -0.969. The Morgan fingerprint density at radius 2 is 2.02 bits per heavy atom. The number of fused-ring (bicyclic) bond motifs is 7. The highest BCUT2D eigenvalue weighted by atomic mass is 19.1. The third-order valence-electron chi connectivity index (χ3n) is 11.3. The predicted octanol–water partition coefficient (Wildman–Crippen LogP) is 5.34. The van der Waals surface area contributed by atoms with E-state index >= 15 is 8.78 Å². The van der Waals surface area contributed by atoms with Gasteiger partial charge in [-0.3, -0.25) is 9.80 Å². The van der Waals surface area contributed by atoms with Crippen LogP contribution in [0.25, 0.3) is 32.9 Å². The zero-order chi connectivity index (χ0) is 35.2. The van der Waals surface area contributed by atoms with E-state index in [0.717, 1.165) is 25.8 Å². The zero-order valence-electron chi connectivity index (χ0n) is 27.9. The summed E-state index contributed by atoms with van der Waals surface area (Å²) in [4.78, 5) is 33.1. The Morgan fingerprint density at radius 1 is 1.16 bits per heavy atom. The van der Waals surface area contributed by atoms with Crippen molar-refractivity contribution in [3.8, 4) is 41.2 Å². The standard InChI is InChI=1S/C37H35F3N6O5/c1-3-23-25(39)8-6-19-12-22(47)13-24(28(19)23)31-30(40)32-29-33(43-35(42-32)51-18-37-10-5-11-44(37)15-20(38)14-37)45-16-21-7-9-26(46(21)36(48)49-4-2)27(45)17-50-34(29)41-31/h1,6,8,12-13,20-21,26-27,47H,4-5,7,9-11,14-18H2,2H3/t20-,21?,26?,27?,37?/m1/s1. The molecule has 4 aromatic rings. The quantitative estimate of drug-likeness (QED) is 0.274. The summed E-state index contributed by atoms with van der Waals surface area (Å²) < 4.78 is 64.9. The van der Waals surface area contributed by atoms with Crippen molar-refractivity contribution in [2.45, 2.75) is 68.9 Å². The Bertz CT molecular complexity index is 2160. The van der Waals surface area contributed by atoms with Crippen LogP contribution in [0.5, 0.6) is 17.6 Å². The molecular weight excluding hydrogens is 665 g/mol. The molecule has 2 bridgehead atoms. The summed E-state index contributed by atoms with van der Waals surface area (Å²) in [6.45, 7) is 3.68. The average Bonchev–Trinajstić information content (AvgIpc) is 3.72. The topological polar surface area (TPSA) is 113 Å². The number of benzene rings is 2. The fourth-order valence-electron chi connectivity index (χ4n) is 9.19. The molecule has 4 fully saturated rings. The maximum Gasteiger partial charge on any atom is 0.410 e. The number of rotatable bonds is 5. The first-order chi connectivity index (χ1) is 24.7. The third-order valence-corrected chi connectivity index (χ3v) is 11.3. The number of phenols is 1. The van der Waals surface area contributed by atoms with Crippen molar-refractivity contribution in [1.29, 1.82) is 0 Å². The minimum absolute atomic E-state index is 0.0303. The Hall–Kier alpha value is -5.03. The summed E-state index contributed by atoms with van der Waals surface area (Å²) in [6, 6.07) is 4.38. The molecule has 2 aromatic carbocycles. The van der Waals surface area contributed by atoms with E-state index in [1.165, 1.54) is 24.3 Å². The number of anilines is 1. The van der Waals surface area contributed by atoms with Gasteiger partial charge in [-0.15, -0.1) is 6.42 Å². The average molecular weight is 701 g/mol. The molecule has 264 valence electrons. The van der Waals surface area contributed by atoms with E-state index in [2.05, 4.69) is 20.8 Å². The van der Waals surface area contributed by atoms with Crippen LogP contribution in [-0.4, -0.2) is 105 Å². The summed E-state index contributed by atoms with van der Waals surface area (Å²) in [5.41, 5.74) is -0.984. The van der Waals surface area contributed by atoms with Gasteiger partial charge < -0.3 is 24.2 Å². The molecule has 4 saturated heterocycles. The van der Waals surface area contributed by atoms with Gasteiger partial charge in [0.1, 0.15) is 53.4 Å². The Balaban J connectivity index is 1.22. The van der Waals surface area contributed by atoms with Crippen molar-refractivity contribution in [2.24, 2.45) is 0 Å². The van der Waals surface area contributed by atoms with Gasteiger partial charge in [-0.25, -0.2) is 22.9 Å². The highest BCUT2D eigenvalue weighted by molar-refractivity contribution is 6.04. The molecule has 5 atom stereocenters. The second-order valence-electron chi connectivity index (χ2n) is 14.1. The molecule has 9 rings (SSSR count). The molecular formula is C37H35F3N6O5. The van der Waals surface area contributed by atoms with Crippen LogP contribution >= 0.6 is 0 Å². The monoisotopic (exact) mass is 700 g/mol. The van der Waals surface area contributed by atoms with E-state index in [0.29, 0.717) is 37.1 Å². The maximum absolute atomic E-state index is 17.2. The number of aromatic nitrogens is 3. The van der Waals surface area contributed by atoms with Gasteiger partial charge in [0.2, 0.25) is 5.88 Å². The second-order valence-corrected chi connectivity index (χ2v) is 14.1. The number of halogens is 3. The number of nitrogens with zero attached hydrogens (tertiary/aromatic N) is 6. The van der Waals surface area contributed by atoms with Gasteiger partial charge in [0.15, 0.2) is 5.82 Å². The van der Waals surface area contributed by atoms with Crippen molar-refractivity contribution in [3.05, 3.63) is 41.5 Å². The molecule has 0 saturated carbocycles. The number of carbonyl (C=O) groups is 1. The molecule has 14 heteroatoms. The van der Waals surface area contributed by atoms with Gasteiger partial charge in [-0.1, -0.05) is 12.0 Å². The fraction of sp³-hybridized carbons (Fsp3) is 0.459. The largest absolute Gasteiger partial charge is 0.508 e. The van der Waals surface area contributed by atoms with Crippen LogP contribution in [0.2, 0.25) is 0 Å². The van der Waals surface area contributed by atoms with Crippen LogP contribution in [0, 0.1) is 24.0 Å². The lowest BCUT2D eigenvalue weighted by atomic mass is 9.95. The lowest BCUT2D eigenvalue weighted by Crippen LogP contribution is -2.63. The number of terminal acetylenes is 1. The van der Waals surface area contributed by atoms with Gasteiger partial charge in [0, 0.05) is 30.5 Å². The van der Waals surface area contributed by atoms with Crippen LogP contribution in [0.4, 0.5) is 23.8 Å². The van der Waals surface area contributed by atoms with Gasteiger partial charge >= 0.3 is 12.1 Å². The molecule has 5 aliphatic rings. The van der Waals surface area contributed by atoms with Gasteiger partial charge in [-0.2, -0.15) is 9.97 Å². The highest BCUT2D eigenvalue weighted by Crippen LogP contribution is 2.47. The van der Waals surface area contributed by atoms with Crippen molar-refractivity contribution in [2.75, 3.05) is 44.4 Å². The molecule has 5 aliphatic heterocycles. The first-order valence-electron chi connectivity index (χ1n) is 17.4. The predicted molar refractivity (Wildman–Crippen MR) is 181 cm³/mol. The molecule has 4 unspecified atom stereocenters. The van der Waals surface area contributed by atoms with Gasteiger partial charge in [0.25, 0.3) is 0 Å². The molecule has 0 radical (unpaired) electrons. The SMILES string of the molecule is C#Cc1c(F)ccc2cc(O)cc(-c3nc4c5c(nc(OCC67CCCN6C[C@H](F)C7)nc5c3F)N3CC5CCC(C3CO4)N5C(=O)OCC)c12. The first-order valence-corrected chi connectivity index (χ1v) is 17.4. The molecule has 1 amide bonds. The lowest BCUT2D eigenvalue weighted by molar-refractivity contribution is 0.0658. The van der Waals surface area contributed by atoms with Crippen LogP contribution in [0.3, 0.4) is 0 Å². The highest BCUT2D eigenvalue weighted by Gasteiger charge is 2.52. The van der Waals surface area contributed by atoms with E-state index in [-0.39, 0.29) is 82.7 Å². The smallest absolute Gasteiger partial charge is 0.410 e. The Labute approximate surface area is 291 Å². The number of alkyl halides is 1. The van der Waals surface area contributed by atoms with E-state index in [1.807, 2.05) is 4.90 Å². The first kappa shape index (κ1) is 31.9. The number of amides is 1. The number of pyridine rings is 1. The maximum atomic E-state index is 17.2. The lowest BCUT2D eigenvalue weighted by Gasteiger charge is -2.45. The van der Waals surface area contributed by atoms with Crippen LogP contribution in [0.15, 0.2) is 24.3 Å². The summed E-state index contributed by atoms with van der Waals surface area (Å²) in [6.07, 6.45) is 7.81. The normalized spacial score (nSPS) is 26.5. The molecule has 1 N–H and O–H groups in total. The number of phenolic OH excluding ortho intramolecular Hbond substituents is 1. The molecule has 7 heterocycles. The summed E-state index contributed by atoms with van der Waals surface area (Å²) >= 11 is 0. The van der Waals surface area contributed by atoms with E-state index in [4.69, 9.17) is 25.6 Å². The van der Waals surface area contributed by atoms with Gasteiger partial charge in [0.05, 0.1) is 35.8 Å². The van der Waals surface area contributed by atoms with Crippen LogP contribution in [-0.2, 0) is 4.74 Å². The Kier molecular flexibility index (Phi) is 7.36. The molecule has 2 aromatic heterocycles. The summed E-state index contributed by atoms with van der Waals surface area (Å²) in [5, 5.41) is 11.5. The number of hydrogen-bond acceptors (Lipinski definition) is 10. The zero-order valence-corrected chi connectivity index (χ0v) is 27.9. The number of ether oxygens (including phenoxy) is 3. The van der Waals surface area contributed by atoms with Crippen LogP contribution < -0.4 is 14.4 Å². The van der Waals surface area contributed by atoms with Crippen molar-refractivity contribution in [1.82, 2.24) is 24.8 Å². The van der Waals surface area contributed by atoms with E-state index in [1.54, 1.807) is 11.8 Å². The molecule has 11 nitrogen and oxygen atoms in total. The molecule has 51 heavy (non-hydrogen) atoms. The van der Waals surface area contributed by atoms with Crippen molar-refractivity contribution < 1.29 is 37.3 Å². The number of hydrogen-bond donors (Lipinski definition) is 1. The molecule has 0 spiro atoms. The minimum Gasteiger partial charge on any atom is -0.508 e. The van der Waals surface area contributed by atoms with Crippen LogP contribution in [0.1, 0.15) is 44.6 Å². The number of carbonyl (C=O) groups excluding carboxylic acids is 1. The van der Waals surface area contributed by atoms with Gasteiger partial charge in [-0.05, 0) is 62.7 Å². The fourth-order valence-corrected chi connectivity index (χ4v) is 9.19. The number of piperazine rings is 1. The Morgan fingerprint density at radius 3 is 2.84 bits per heavy atom. The van der Waals surface area contributed by atoms with Crippen molar-refractivity contribution in [3.63, 3.8) is 0 Å². The summed E-state index contributed by atoms with van der Waals surface area (Å²) in [5.74, 6) is 0.975. The van der Waals surface area contributed by atoms with E-state index in [9.17, 15) is 14.3 Å². The third kappa shape index (κ3) is 4.84. The second kappa shape index (κ2) is 11.8. The number of aromatic hydroxyl groups is 1. The van der Waals surface area contributed by atoms with Crippen molar-refractivity contribution >= 4 is 33.6 Å². The van der Waals surface area contributed by atoms with E-state index < -0.39 is 35.5 Å².